The highest BCUT2D eigenvalue weighted by atomic mass is 79.9. The van der Waals surface area contributed by atoms with Crippen molar-refractivity contribution in [2.45, 2.75) is 5.33 Å². The molecule has 0 heterocycles. The summed E-state index contributed by atoms with van der Waals surface area (Å²) in [6.07, 6.45) is 0. The Balaban J connectivity index is 2.33. The lowest BCUT2D eigenvalue weighted by molar-refractivity contribution is 0.465. The summed E-state index contributed by atoms with van der Waals surface area (Å²) in [6, 6.07) is 8.51. The van der Waals surface area contributed by atoms with E-state index in [1.165, 1.54) is 0 Å². The molecule has 0 atom stereocenters. The van der Waals surface area contributed by atoms with E-state index in [4.69, 9.17) is 4.74 Å². The smallest absolute Gasteiger partial charge is 0.133 e. The minimum atomic E-state index is -0.664. The van der Waals surface area contributed by atoms with Crippen molar-refractivity contribution >= 4 is 31.9 Å². The largest absolute Gasteiger partial charge is 0.457 e. The molecule has 5 heteroatoms. The van der Waals surface area contributed by atoms with Gasteiger partial charge in [-0.1, -0.05) is 31.9 Å². The van der Waals surface area contributed by atoms with Crippen LogP contribution in [-0.2, 0) is 5.33 Å². The Hall–Kier alpha value is -0.940. The molecular weight excluding hydrogens is 370 g/mol. The van der Waals surface area contributed by atoms with Crippen LogP contribution in [0.5, 0.6) is 11.5 Å². The Labute approximate surface area is 120 Å². The van der Waals surface area contributed by atoms with Crippen molar-refractivity contribution in [2.75, 3.05) is 0 Å². The maximum Gasteiger partial charge on any atom is 0.133 e. The highest BCUT2D eigenvalue weighted by molar-refractivity contribution is 9.10. The fraction of sp³-hybridized carbons (Fsp3) is 0.0769. The van der Waals surface area contributed by atoms with Crippen molar-refractivity contribution in [3.8, 4) is 11.5 Å². The maximum atomic E-state index is 13.0. The molecule has 0 aliphatic heterocycles. The SMILES string of the molecule is Fc1cc(F)cc(Oc2ccc(Br)cc2CBr)c1. The van der Waals surface area contributed by atoms with Crippen LogP contribution in [0.1, 0.15) is 5.56 Å². The van der Waals surface area contributed by atoms with Crippen molar-refractivity contribution in [3.05, 3.63) is 58.1 Å². The van der Waals surface area contributed by atoms with Gasteiger partial charge in [-0.2, -0.15) is 0 Å². The number of benzene rings is 2. The lowest BCUT2D eigenvalue weighted by atomic mass is 10.2. The summed E-state index contributed by atoms with van der Waals surface area (Å²) in [5, 5.41) is 0.583. The summed E-state index contributed by atoms with van der Waals surface area (Å²) in [6.45, 7) is 0. The van der Waals surface area contributed by atoms with Crippen LogP contribution >= 0.6 is 31.9 Å². The zero-order chi connectivity index (χ0) is 13.1. The molecule has 18 heavy (non-hydrogen) atoms. The highest BCUT2D eigenvalue weighted by Crippen LogP contribution is 2.30. The average molecular weight is 378 g/mol. The molecule has 0 aliphatic rings. The van der Waals surface area contributed by atoms with Crippen LogP contribution in [0.3, 0.4) is 0 Å². The van der Waals surface area contributed by atoms with Crippen LogP contribution in [0.4, 0.5) is 8.78 Å². The summed E-state index contributed by atoms with van der Waals surface area (Å²) in [7, 11) is 0. The second kappa shape index (κ2) is 5.80. The predicted molar refractivity (Wildman–Crippen MR) is 73.2 cm³/mol. The van der Waals surface area contributed by atoms with Gasteiger partial charge >= 0.3 is 0 Å². The first-order chi connectivity index (χ1) is 8.58. The van der Waals surface area contributed by atoms with Gasteiger partial charge in [0.05, 0.1) is 0 Å². The third-order valence-corrected chi connectivity index (χ3v) is 3.33. The van der Waals surface area contributed by atoms with Gasteiger partial charge in [0.1, 0.15) is 23.1 Å². The molecule has 1 nitrogen and oxygen atoms in total. The Morgan fingerprint density at radius 1 is 1.00 bits per heavy atom. The van der Waals surface area contributed by atoms with Crippen molar-refractivity contribution in [1.29, 1.82) is 0 Å². The molecule has 0 aliphatic carbocycles. The van der Waals surface area contributed by atoms with Crippen LogP contribution < -0.4 is 4.74 Å². The van der Waals surface area contributed by atoms with E-state index in [1.54, 1.807) is 12.1 Å². The second-order valence-electron chi connectivity index (χ2n) is 3.59. The number of ether oxygens (including phenoxy) is 1. The summed E-state index contributed by atoms with van der Waals surface area (Å²) in [5.41, 5.74) is 0.883. The van der Waals surface area contributed by atoms with Gasteiger partial charge in [-0.15, -0.1) is 0 Å². The lowest BCUT2D eigenvalue weighted by Crippen LogP contribution is -1.91. The number of halogens is 4. The van der Waals surface area contributed by atoms with Gasteiger partial charge < -0.3 is 4.74 Å². The third-order valence-electron chi connectivity index (χ3n) is 2.23. The van der Waals surface area contributed by atoms with Gasteiger partial charge in [-0.05, 0) is 18.2 Å². The van der Waals surface area contributed by atoms with Crippen molar-refractivity contribution in [2.24, 2.45) is 0 Å². The van der Waals surface area contributed by atoms with Crippen molar-refractivity contribution < 1.29 is 13.5 Å². The summed E-state index contributed by atoms with van der Waals surface area (Å²) in [4.78, 5) is 0. The van der Waals surface area contributed by atoms with E-state index in [-0.39, 0.29) is 5.75 Å². The standard InChI is InChI=1S/C13H8Br2F2O/c14-7-8-3-9(15)1-2-13(8)18-12-5-10(16)4-11(17)6-12/h1-6H,7H2. The van der Waals surface area contributed by atoms with Gasteiger partial charge in [-0.25, -0.2) is 8.78 Å². The van der Waals surface area contributed by atoms with E-state index in [1.807, 2.05) is 6.07 Å². The van der Waals surface area contributed by atoms with E-state index >= 15 is 0 Å². The van der Waals surface area contributed by atoms with Gasteiger partial charge in [0.25, 0.3) is 0 Å². The molecule has 2 aromatic carbocycles. The minimum Gasteiger partial charge on any atom is -0.457 e. The zero-order valence-corrected chi connectivity index (χ0v) is 12.3. The van der Waals surface area contributed by atoms with Gasteiger partial charge in [0, 0.05) is 33.6 Å². The molecule has 94 valence electrons. The van der Waals surface area contributed by atoms with Gasteiger partial charge in [0.15, 0.2) is 0 Å². The molecule has 0 radical (unpaired) electrons. The molecule has 0 bridgehead atoms. The van der Waals surface area contributed by atoms with E-state index < -0.39 is 11.6 Å². The normalized spacial score (nSPS) is 10.4. The van der Waals surface area contributed by atoms with Crippen molar-refractivity contribution in [3.63, 3.8) is 0 Å². The number of alkyl halides is 1. The first kappa shape index (κ1) is 13.5. The quantitative estimate of drug-likeness (QED) is 0.649. The van der Waals surface area contributed by atoms with Gasteiger partial charge in [0.2, 0.25) is 0 Å². The lowest BCUT2D eigenvalue weighted by Gasteiger charge is -2.10. The Bertz CT molecular complexity index is 553. The molecule has 0 N–H and O–H groups in total. The molecule has 0 aromatic heterocycles. The zero-order valence-electron chi connectivity index (χ0n) is 9.09. The van der Waals surface area contributed by atoms with Crippen LogP contribution in [0.2, 0.25) is 0 Å². The van der Waals surface area contributed by atoms with Crippen LogP contribution in [0.15, 0.2) is 40.9 Å². The molecule has 0 saturated heterocycles. The minimum absolute atomic E-state index is 0.136. The van der Waals surface area contributed by atoms with E-state index in [0.717, 1.165) is 28.2 Å². The maximum absolute atomic E-state index is 13.0. The molecular formula is C13H8Br2F2O. The first-order valence-electron chi connectivity index (χ1n) is 5.07. The monoisotopic (exact) mass is 376 g/mol. The fourth-order valence-corrected chi connectivity index (χ4v) is 2.31. The van der Waals surface area contributed by atoms with Gasteiger partial charge in [-0.3, -0.25) is 0 Å². The number of hydrogen-bond acceptors (Lipinski definition) is 1. The van der Waals surface area contributed by atoms with E-state index in [0.29, 0.717) is 11.1 Å². The summed E-state index contributed by atoms with van der Waals surface area (Å²) < 4.78 is 32.5. The fourth-order valence-electron chi connectivity index (χ4n) is 1.47. The van der Waals surface area contributed by atoms with E-state index in [2.05, 4.69) is 31.9 Å². The molecule has 0 fully saturated rings. The number of rotatable bonds is 3. The predicted octanol–water partition coefficient (Wildman–Crippen LogP) is 5.41. The Morgan fingerprint density at radius 2 is 1.67 bits per heavy atom. The van der Waals surface area contributed by atoms with Crippen LogP contribution in [0, 0.1) is 11.6 Å². The molecule has 2 rings (SSSR count). The molecule has 0 saturated carbocycles. The third kappa shape index (κ3) is 3.29. The number of hydrogen-bond donors (Lipinski definition) is 0. The second-order valence-corrected chi connectivity index (χ2v) is 5.07. The topological polar surface area (TPSA) is 9.23 Å². The molecule has 0 spiro atoms. The van der Waals surface area contributed by atoms with Crippen LogP contribution in [0.25, 0.3) is 0 Å². The average Bonchev–Trinajstić information content (AvgIpc) is 2.30. The summed E-state index contributed by atoms with van der Waals surface area (Å²) in [5.74, 6) is -0.637. The Morgan fingerprint density at radius 3 is 2.28 bits per heavy atom. The molecule has 0 amide bonds. The Kier molecular flexibility index (Phi) is 4.35. The summed E-state index contributed by atoms with van der Waals surface area (Å²) >= 11 is 6.69. The van der Waals surface area contributed by atoms with Crippen molar-refractivity contribution in [1.82, 2.24) is 0 Å². The highest BCUT2D eigenvalue weighted by Gasteiger charge is 2.07. The first-order valence-corrected chi connectivity index (χ1v) is 6.98. The van der Waals surface area contributed by atoms with Crippen LogP contribution in [-0.4, -0.2) is 0 Å². The molecule has 2 aromatic rings. The van der Waals surface area contributed by atoms with E-state index in [9.17, 15) is 8.78 Å². The molecule has 0 unspecified atom stereocenters.